The molecule has 17 atom stereocenters. The van der Waals surface area contributed by atoms with Crippen molar-refractivity contribution in [2.75, 3.05) is 26.4 Å². The molecular weight excluding hydrogens is 1140 g/mol. The molecule has 17 unspecified atom stereocenters. The molecule has 1 amide bonds. The van der Waals surface area contributed by atoms with E-state index >= 15 is 0 Å². The summed E-state index contributed by atoms with van der Waals surface area (Å²) in [4.78, 5) is 13.3. The molecule has 0 aromatic carbocycles. The second-order valence-corrected chi connectivity index (χ2v) is 22.5. The minimum absolute atomic E-state index is 0.208. The van der Waals surface area contributed by atoms with Gasteiger partial charge in [-0.05, 0) is 110 Å². The van der Waals surface area contributed by atoms with Crippen LogP contribution in [0.4, 0.5) is 0 Å². The van der Waals surface area contributed by atoms with Gasteiger partial charge in [0.15, 0.2) is 18.9 Å². The Morgan fingerprint density at radius 3 is 1.26 bits per heavy atom. The average Bonchev–Trinajstić information content (AvgIpc) is 1.06. The molecule has 3 fully saturated rings. The van der Waals surface area contributed by atoms with Gasteiger partial charge in [0.2, 0.25) is 5.91 Å². The van der Waals surface area contributed by atoms with Crippen LogP contribution < -0.4 is 5.32 Å². The van der Waals surface area contributed by atoms with Crippen molar-refractivity contribution in [1.29, 1.82) is 0 Å². The number of ether oxygens (including phenoxy) is 6. The molecule has 0 saturated carbocycles. The van der Waals surface area contributed by atoms with Crippen molar-refractivity contribution in [3.63, 3.8) is 0 Å². The third-order valence-corrected chi connectivity index (χ3v) is 15.2. The Hall–Kier alpha value is -4.33. The van der Waals surface area contributed by atoms with Gasteiger partial charge in [0.25, 0.3) is 0 Å². The normalized spacial score (nSPS) is 29.2. The number of aliphatic hydroxyl groups is 11. The van der Waals surface area contributed by atoms with Crippen LogP contribution in [0.5, 0.6) is 0 Å². The van der Waals surface area contributed by atoms with Crippen molar-refractivity contribution < 1.29 is 89.4 Å². The summed E-state index contributed by atoms with van der Waals surface area (Å²) in [6.07, 6.45) is 44.5. The molecule has 3 aliphatic rings. The number of hydrogen-bond acceptors (Lipinski definition) is 18. The van der Waals surface area contributed by atoms with Crippen LogP contribution in [0.2, 0.25) is 0 Å². The van der Waals surface area contributed by atoms with Crippen molar-refractivity contribution in [1.82, 2.24) is 5.32 Å². The molecule has 504 valence electrons. The lowest BCUT2D eigenvalue weighted by Crippen LogP contribution is -2.66. The number of amides is 1. The van der Waals surface area contributed by atoms with Crippen molar-refractivity contribution >= 4 is 5.91 Å². The van der Waals surface area contributed by atoms with Crippen LogP contribution in [0, 0.1) is 0 Å². The van der Waals surface area contributed by atoms with Gasteiger partial charge in [-0.2, -0.15) is 0 Å². The highest BCUT2D eigenvalue weighted by Gasteiger charge is 2.53. The number of nitrogens with one attached hydrogen (secondary N) is 1. The molecule has 0 aromatic heterocycles. The summed E-state index contributed by atoms with van der Waals surface area (Å²) in [5.41, 5.74) is 0. The number of unbranched alkanes of at least 4 members (excludes halogenated alkanes) is 9. The second-order valence-electron chi connectivity index (χ2n) is 22.5. The van der Waals surface area contributed by atoms with E-state index in [1.165, 1.54) is 0 Å². The SMILES string of the molecule is C/C=C/CC/C=C/CC/C=C/C(O)C(COC1OC(CO)C(OC2OC(CO)C(OC3OC(CO)C(O)C(O)C3O)C(O)C2O)C(O)C1O)NC(=O)CCCCCCCCC/C=C\C/C=C\C/C=C\C/C=C\C/C=C\C/C=C\C/C=C\C/C=C\C/C=C\CC. The highest BCUT2D eigenvalue weighted by molar-refractivity contribution is 5.76. The Kier molecular flexibility index (Phi) is 44.6. The number of allylic oxidation sites excluding steroid dienone is 23. The van der Waals surface area contributed by atoms with E-state index in [0.29, 0.717) is 12.8 Å². The largest absolute Gasteiger partial charge is 0.394 e. The Morgan fingerprint density at radius 2 is 0.798 bits per heavy atom. The smallest absolute Gasteiger partial charge is 0.220 e. The number of hydrogen-bond donors (Lipinski definition) is 12. The van der Waals surface area contributed by atoms with Crippen LogP contribution in [-0.2, 0) is 33.2 Å². The quantitative estimate of drug-likeness (QED) is 0.0206. The predicted octanol–water partition coefficient (Wildman–Crippen LogP) is 7.59. The zero-order chi connectivity index (χ0) is 64.7. The first-order valence-corrected chi connectivity index (χ1v) is 32.6. The molecule has 3 heterocycles. The van der Waals surface area contributed by atoms with Crippen LogP contribution >= 0.6 is 0 Å². The monoisotopic (exact) mass is 1250 g/mol. The highest BCUT2D eigenvalue weighted by atomic mass is 16.8. The number of carbonyl (C=O) groups is 1. The molecule has 0 bridgehead atoms. The number of rotatable bonds is 46. The lowest BCUT2D eigenvalue weighted by Gasteiger charge is -2.48. The molecule has 0 aliphatic carbocycles. The minimum atomic E-state index is -1.99. The zero-order valence-corrected chi connectivity index (χ0v) is 52.8. The first-order chi connectivity index (χ1) is 43.3. The van der Waals surface area contributed by atoms with Gasteiger partial charge < -0.3 is 89.9 Å². The summed E-state index contributed by atoms with van der Waals surface area (Å²) in [5, 5.41) is 120. The van der Waals surface area contributed by atoms with E-state index in [1.807, 2.05) is 13.0 Å². The third kappa shape index (κ3) is 32.7. The molecule has 0 spiro atoms. The molecule has 0 radical (unpaired) electrons. The van der Waals surface area contributed by atoms with Gasteiger partial charge in [0, 0.05) is 6.42 Å². The Balaban J connectivity index is 1.36. The van der Waals surface area contributed by atoms with Gasteiger partial charge in [0.05, 0.1) is 38.6 Å². The standard InChI is InChI=1S/C70H111NO18/c1-3-5-7-9-11-13-14-15-16-17-18-19-20-21-22-23-24-25-26-27-28-29-30-31-32-33-34-35-36-37-38-40-42-44-46-48-58(76)71-53(54(75)47-45-43-41-39-12-10-8-6-4-2)52-84-68-64(82)61(79)66(56(50-73)86-68)89-70-65(83)62(80)67(57(51-74)87-70)88-69-63(81)60(78)59(77)55(49-72)85-69/h4-7,11-13,15-16,18-19,21-22,24-25,27-28,30-31,33-34,39,45,47,53-57,59-70,72-75,77-83H,3,8-10,14,17,20,23,26,29,32,35-38,40-44,46,48-52H2,1-2H3,(H,71,76)/b6-4+,7-5-,13-11-,16-15-,19-18-,22-21-,25-24-,28-27-,31-30-,34-33-,39-12+,47-45+. The van der Waals surface area contributed by atoms with Gasteiger partial charge in [-0.15, -0.1) is 0 Å². The fourth-order valence-corrected chi connectivity index (χ4v) is 9.93. The Labute approximate surface area is 530 Å². The van der Waals surface area contributed by atoms with E-state index in [1.54, 1.807) is 12.2 Å². The van der Waals surface area contributed by atoms with Crippen molar-refractivity contribution in [2.24, 2.45) is 0 Å². The average molecular weight is 1250 g/mol. The molecule has 89 heavy (non-hydrogen) atoms. The first kappa shape index (κ1) is 78.9. The van der Waals surface area contributed by atoms with Crippen molar-refractivity contribution in [2.45, 2.75) is 259 Å². The lowest BCUT2D eigenvalue weighted by atomic mass is 9.96. The van der Waals surface area contributed by atoms with Crippen molar-refractivity contribution in [3.8, 4) is 0 Å². The molecular formula is C70H111NO18. The fraction of sp³-hybridized carbons (Fsp3) is 0.643. The maximum atomic E-state index is 13.3. The Bertz CT molecular complexity index is 2180. The van der Waals surface area contributed by atoms with E-state index < -0.39 is 124 Å². The molecule has 19 nitrogen and oxygen atoms in total. The molecule has 3 aliphatic heterocycles. The maximum Gasteiger partial charge on any atom is 0.220 e. The van der Waals surface area contributed by atoms with Crippen LogP contribution in [0.3, 0.4) is 0 Å². The summed E-state index contributed by atoms with van der Waals surface area (Å²) in [7, 11) is 0. The summed E-state index contributed by atoms with van der Waals surface area (Å²) in [6.45, 7) is 1.29. The zero-order valence-electron chi connectivity index (χ0n) is 52.8. The van der Waals surface area contributed by atoms with Gasteiger partial charge >= 0.3 is 0 Å². The fourth-order valence-electron chi connectivity index (χ4n) is 9.93. The topological polar surface area (TPSA) is 307 Å². The van der Waals surface area contributed by atoms with E-state index in [2.05, 4.69) is 140 Å². The molecule has 12 N–H and O–H groups in total. The van der Waals surface area contributed by atoms with Crippen molar-refractivity contribution in [3.05, 3.63) is 146 Å². The lowest BCUT2D eigenvalue weighted by molar-refractivity contribution is -0.379. The second kappa shape index (κ2) is 50.3. The van der Waals surface area contributed by atoms with E-state index in [4.69, 9.17) is 28.4 Å². The Morgan fingerprint density at radius 1 is 0.427 bits per heavy atom. The van der Waals surface area contributed by atoms with Gasteiger partial charge in [-0.25, -0.2) is 0 Å². The minimum Gasteiger partial charge on any atom is -0.394 e. The van der Waals surface area contributed by atoms with Gasteiger partial charge in [0.1, 0.15) is 73.2 Å². The molecule has 3 saturated heterocycles. The third-order valence-electron chi connectivity index (χ3n) is 15.2. The number of aliphatic hydroxyl groups excluding tert-OH is 11. The molecule has 19 heteroatoms. The highest BCUT2D eigenvalue weighted by Crippen LogP contribution is 2.33. The summed E-state index contributed by atoms with van der Waals surface area (Å²) in [6, 6.07) is -1.01. The van der Waals surface area contributed by atoms with Crippen LogP contribution in [0.1, 0.15) is 155 Å². The van der Waals surface area contributed by atoms with E-state index in [9.17, 15) is 61.0 Å². The summed E-state index contributed by atoms with van der Waals surface area (Å²) in [5.74, 6) is -0.313. The van der Waals surface area contributed by atoms with Crippen LogP contribution in [0.15, 0.2) is 146 Å². The van der Waals surface area contributed by atoms with Crippen LogP contribution in [-0.4, -0.2) is 193 Å². The van der Waals surface area contributed by atoms with Crippen LogP contribution in [0.25, 0.3) is 0 Å². The first-order valence-electron chi connectivity index (χ1n) is 32.6. The number of carbonyl (C=O) groups excluding carboxylic acids is 1. The summed E-state index contributed by atoms with van der Waals surface area (Å²) < 4.78 is 34.1. The van der Waals surface area contributed by atoms with Gasteiger partial charge in [-0.3, -0.25) is 4.79 Å². The molecule has 0 aromatic rings. The van der Waals surface area contributed by atoms with Gasteiger partial charge in [-0.1, -0.05) is 185 Å². The maximum absolute atomic E-state index is 13.3. The van der Waals surface area contributed by atoms with E-state index in [0.717, 1.165) is 122 Å². The summed E-state index contributed by atoms with van der Waals surface area (Å²) >= 11 is 0. The predicted molar refractivity (Wildman–Crippen MR) is 346 cm³/mol. The van der Waals surface area contributed by atoms with E-state index in [-0.39, 0.29) is 18.9 Å². The molecule has 3 rings (SSSR count).